The first-order valence-electron chi connectivity index (χ1n) is 4.32. The third-order valence-corrected chi connectivity index (χ3v) is 1.29. The minimum absolute atomic E-state index is 0.323. The van der Waals surface area contributed by atoms with Crippen molar-refractivity contribution < 1.29 is 0 Å². The Morgan fingerprint density at radius 1 is 1.50 bits per heavy atom. The van der Waals surface area contributed by atoms with E-state index in [2.05, 4.69) is 37.9 Å². The van der Waals surface area contributed by atoms with Gasteiger partial charge in [0.2, 0.25) is 0 Å². The van der Waals surface area contributed by atoms with Crippen LogP contribution in [0.5, 0.6) is 0 Å². The first-order valence-corrected chi connectivity index (χ1v) is 4.32. The second-order valence-corrected chi connectivity index (χ2v) is 4.24. The summed E-state index contributed by atoms with van der Waals surface area (Å²) in [6.07, 6.45) is 2.82. The maximum atomic E-state index is 4.19. The molecule has 0 radical (unpaired) electrons. The molecule has 0 unspecified atom stereocenters. The van der Waals surface area contributed by atoms with Crippen molar-refractivity contribution in [3.8, 4) is 0 Å². The summed E-state index contributed by atoms with van der Waals surface area (Å²) in [4.78, 5) is 0. The van der Waals surface area contributed by atoms with Gasteiger partial charge in [-0.25, -0.2) is 0 Å². The Bertz CT molecular complexity index is 163. The number of hydrazone groups is 1. The SMILES string of the molecule is C=CCN/N=C(\C)CC(C)(C)C. The molecule has 0 aliphatic rings. The van der Waals surface area contributed by atoms with E-state index in [9.17, 15) is 0 Å². The lowest BCUT2D eigenvalue weighted by atomic mass is 9.90. The van der Waals surface area contributed by atoms with E-state index in [4.69, 9.17) is 0 Å². The van der Waals surface area contributed by atoms with Crippen molar-refractivity contribution in [2.45, 2.75) is 34.1 Å². The molecule has 2 nitrogen and oxygen atoms in total. The van der Waals surface area contributed by atoms with E-state index in [0.717, 1.165) is 18.7 Å². The van der Waals surface area contributed by atoms with Gasteiger partial charge in [-0.2, -0.15) is 5.10 Å². The smallest absolute Gasteiger partial charge is 0.0507 e. The molecule has 0 fully saturated rings. The van der Waals surface area contributed by atoms with E-state index in [1.54, 1.807) is 6.08 Å². The average molecular weight is 168 g/mol. The Morgan fingerprint density at radius 2 is 2.08 bits per heavy atom. The molecule has 0 saturated heterocycles. The van der Waals surface area contributed by atoms with Crippen molar-refractivity contribution in [2.75, 3.05) is 6.54 Å². The molecule has 0 heterocycles. The van der Waals surface area contributed by atoms with Crippen LogP contribution in [-0.2, 0) is 0 Å². The van der Waals surface area contributed by atoms with Crippen LogP contribution < -0.4 is 5.43 Å². The lowest BCUT2D eigenvalue weighted by Crippen LogP contribution is -2.14. The summed E-state index contributed by atoms with van der Waals surface area (Å²) in [6.45, 7) is 13.0. The number of nitrogens with zero attached hydrogens (tertiary/aromatic N) is 1. The quantitative estimate of drug-likeness (QED) is 0.297. The molecule has 0 atom stereocenters. The maximum absolute atomic E-state index is 4.19. The normalized spacial score (nSPS) is 12.8. The van der Waals surface area contributed by atoms with Crippen LogP contribution in [0, 0.1) is 5.41 Å². The van der Waals surface area contributed by atoms with E-state index >= 15 is 0 Å². The number of hydrogen-bond acceptors (Lipinski definition) is 2. The zero-order valence-electron chi connectivity index (χ0n) is 8.65. The van der Waals surface area contributed by atoms with Gasteiger partial charge in [0, 0.05) is 5.71 Å². The molecule has 0 bridgehead atoms. The van der Waals surface area contributed by atoms with Gasteiger partial charge in [-0.05, 0) is 18.8 Å². The molecule has 0 spiro atoms. The van der Waals surface area contributed by atoms with E-state index in [1.807, 2.05) is 6.92 Å². The second-order valence-electron chi connectivity index (χ2n) is 4.24. The third kappa shape index (κ3) is 7.32. The Labute approximate surface area is 75.7 Å². The molecule has 0 saturated carbocycles. The minimum Gasteiger partial charge on any atom is -0.306 e. The lowest BCUT2D eigenvalue weighted by Gasteiger charge is -2.17. The van der Waals surface area contributed by atoms with Crippen LogP contribution in [0.2, 0.25) is 0 Å². The molecule has 70 valence electrons. The highest BCUT2D eigenvalue weighted by atomic mass is 15.3. The molecule has 0 amide bonds. The van der Waals surface area contributed by atoms with Gasteiger partial charge in [0.25, 0.3) is 0 Å². The number of nitrogens with one attached hydrogen (secondary N) is 1. The van der Waals surface area contributed by atoms with Crippen molar-refractivity contribution in [3.05, 3.63) is 12.7 Å². The van der Waals surface area contributed by atoms with E-state index < -0.39 is 0 Å². The predicted octanol–water partition coefficient (Wildman–Crippen LogP) is 2.57. The summed E-state index contributed by atoms with van der Waals surface area (Å²) in [5, 5.41) is 4.19. The van der Waals surface area contributed by atoms with Gasteiger partial charge in [0.15, 0.2) is 0 Å². The van der Waals surface area contributed by atoms with Crippen molar-refractivity contribution in [3.63, 3.8) is 0 Å². The topological polar surface area (TPSA) is 24.4 Å². The van der Waals surface area contributed by atoms with Crippen LogP contribution in [-0.4, -0.2) is 12.3 Å². The fourth-order valence-electron chi connectivity index (χ4n) is 1.05. The van der Waals surface area contributed by atoms with Gasteiger partial charge < -0.3 is 5.43 Å². The van der Waals surface area contributed by atoms with Gasteiger partial charge in [0.05, 0.1) is 6.54 Å². The number of hydrogen-bond donors (Lipinski definition) is 1. The fourth-order valence-corrected chi connectivity index (χ4v) is 1.05. The van der Waals surface area contributed by atoms with Crippen molar-refractivity contribution in [1.29, 1.82) is 0 Å². The first kappa shape index (κ1) is 11.2. The summed E-state index contributed by atoms with van der Waals surface area (Å²) < 4.78 is 0. The molecule has 2 heteroatoms. The van der Waals surface area contributed by atoms with Crippen LogP contribution in [0.3, 0.4) is 0 Å². The van der Waals surface area contributed by atoms with Crippen LogP contribution in [0.25, 0.3) is 0 Å². The standard InChI is InChI=1S/C10H20N2/c1-6-7-11-12-9(2)8-10(3,4)5/h6,11H,1,7-8H2,2-5H3/b12-9+. The van der Waals surface area contributed by atoms with Gasteiger partial charge in [-0.15, -0.1) is 6.58 Å². The van der Waals surface area contributed by atoms with E-state index in [0.29, 0.717) is 5.41 Å². The van der Waals surface area contributed by atoms with Crippen LogP contribution in [0.15, 0.2) is 17.8 Å². The van der Waals surface area contributed by atoms with Gasteiger partial charge in [-0.1, -0.05) is 26.8 Å². The summed E-state index contributed by atoms with van der Waals surface area (Å²) >= 11 is 0. The largest absolute Gasteiger partial charge is 0.306 e. The third-order valence-electron chi connectivity index (χ3n) is 1.29. The number of rotatable bonds is 4. The maximum Gasteiger partial charge on any atom is 0.0507 e. The minimum atomic E-state index is 0.323. The molecule has 0 rings (SSSR count). The highest BCUT2D eigenvalue weighted by molar-refractivity contribution is 5.82. The molecule has 1 N–H and O–H groups in total. The fraction of sp³-hybridized carbons (Fsp3) is 0.700. The predicted molar refractivity (Wildman–Crippen MR) is 55.4 cm³/mol. The molecule has 0 aromatic heterocycles. The van der Waals surface area contributed by atoms with Crippen LogP contribution in [0.1, 0.15) is 34.1 Å². The molecular weight excluding hydrogens is 148 g/mol. The van der Waals surface area contributed by atoms with Crippen molar-refractivity contribution in [1.82, 2.24) is 5.43 Å². The molecule has 12 heavy (non-hydrogen) atoms. The molecule has 0 aromatic rings. The monoisotopic (exact) mass is 168 g/mol. The molecule has 0 aliphatic heterocycles. The summed E-state index contributed by atoms with van der Waals surface area (Å²) in [6, 6.07) is 0. The van der Waals surface area contributed by atoms with E-state index in [1.165, 1.54) is 0 Å². The zero-order chi connectivity index (χ0) is 9.61. The molecule has 0 aromatic carbocycles. The second kappa shape index (κ2) is 4.96. The Morgan fingerprint density at radius 3 is 2.50 bits per heavy atom. The van der Waals surface area contributed by atoms with Crippen molar-refractivity contribution >= 4 is 5.71 Å². The average Bonchev–Trinajstić information content (AvgIpc) is 1.84. The van der Waals surface area contributed by atoms with Crippen LogP contribution in [0.4, 0.5) is 0 Å². The molecule has 0 aliphatic carbocycles. The van der Waals surface area contributed by atoms with Crippen molar-refractivity contribution in [2.24, 2.45) is 10.5 Å². The highest BCUT2D eigenvalue weighted by Crippen LogP contribution is 2.18. The Balaban J connectivity index is 3.77. The van der Waals surface area contributed by atoms with E-state index in [-0.39, 0.29) is 0 Å². The zero-order valence-corrected chi connectivity index (χ0v) is 8.65. The Kier molecular flexibility index (Phi) is 4.64. The van der Waals surface area contributed by atoms with Crippen LogP contribution >= 0.6 is 0 Å². The van der Waals surface area contributed by atoms with Gasteiger partial charge >= 0.3 is 0 Å². The summed E-state index contributed by atoms with van der Waals surface area (Å²) in [5.74, 6) is 0. The van der Waals surface area contributed by atoms with Gasteiger partial charge in [0.1, 0.15) is 0 Å². The molecular formula is C10H20N2. The lowest BCUT2D eigenvalue weighted by molar-refractivity contribution is 0.432. The van der Waals surface area contributed by atoms with Gasteiger partial charge in [-0.3, -0.25) is 0 Å². The highest BCUT2D eigenvalue weighted by Gasteiger charge is 2.11. The first-order chi connectivity index (χ1) is 5.45. The Hall–Kier alpha value is -0.790. The summed E-state index contributed by atoms with van der Waals surface area (Å²) in [7, 11) is 0. The summed E-state index contributed by atoms with van der Waals surface area (Å²) in [5.41, 5.74) is 4.39.